The molecule has 5 heteroatoms. The van der Waals surface area contributed by atoms with Crippen LogP contribution in [0.3, 0.4) is 0 Å². The Labute approximate surface area is 116 Å². The second-order valence-corrected chi connectivity index (χ2v) is 6.36. The number of nitrogens with two attached hydrogens (primary N) is 1. The first-order chi connectivity index (χ1) is 9.02. The predicted molar refractivity (Wildman–Crippen MR) is 77.3 cm³/mol. The van der Waals surface area contributed by atoms with Gasteiger partial charge in [0.25, 0.3) is 0 Å². The summed E-state index contributed by atoms with van der Waals surface area (Å²) in [7, 11) is -1.36. The topological polar surface area (TPSA) is 63.4 Å². The van der Waals surface area contributed by atoms with Crippen LogP contribution >= 0.6 is 0 Å². The maximum Gasteiger partial charge on any atom is 0.235 e. The third kappa shape index (κ3) is 3.35. The number of carbonyl (C=O) groups is 1. The highest BCUT2D eigenvalue weighted by Gasteiger charge is 2.32. The summed E-state index contributed by atoms with van der Waals surface area (Å²) in [5.74, 6) is -0.0120. The summed E-state index contributed by atoms with van der Waals surface area (Å²) in [6, 6.07) is 5.78. The van der Waals surface area contributed by atoms with Crippen LogP contribution in [-0.4, -0.2) is 33.4 Å². The van der Waals surface area contributed by atoms with Crippen LogP contribution in [0.25, 0.3) is 0 Å². The molecule has 0 heterocycles. The van der Waals surface area contributed by atoms with Crippen molar-refractivity contribution in [2.75, 3.05) is 18.0 Å². The highest BCUT2D eigenvalue weighted by molar-refractivity contribution is 7.86. The second kappa shape index (κ2) is 5.74. The van der Waals surface area contributed by atoms with Gasteiger partial charge in [-0.25, -0.2) is 0 Å². The van der Waals surface area contributed by atoms with Crippen LogP contribution in [0.5, 0.6) is 0 Å². The van der Waals surface area contributed by atoms with Gasteiger partial charge in [-0.2, -0.15) is 0 Å². The fraction of sp³-hybridized carbons (Fsp3) is 0.500. The average Bonchev–Trinajstić information content (AvgIpc) is 3.17. The van der Waals surface area contributed by atoms with E-state index >= 15 is 0 Å². The number of benzene rings is 1. The number of nitrogen functional groups attached to an aromatic ring is 1. The molecule has 1 unspecified atom stereocenters. The summed E-state index contributed by atoms with van der Waals surface area (Å²) in [6.07, 6.45) is 2.14. The van der Waals surface area contributed by atoms with Gasteiger partial charge in [0, 0.05) is 18.3 Å². The van der Waals surface area contributed by atoms with Crippen molar-refractivity contribution in [3.05, 3.63) is 23.8 Å². The minimum Gasteiger partial charge on any atom is -0.398 e. The van der Waals surface area contributed by atoms with E-state index < -0.39 is 10.8 Å². The second-order valence-electron chi connectivity index (χ2n) is 4.94. The molecule has 1 fully saturated rings. The molecule has 1 saturated carbocycles. The average molecular weight is 280 g/mol. The van der Waals surface area contributed by atoms with E-state index in [2.05, 4.69) is 0 Å². The van der Waals surface area contributed by atoms with Crippen molar-refractivity contribution in [3.8, 4) is 0 Å². The SMILES string of the molecule is CCN(C(=O)CS(=O)c1cc(C)ccc1N)C1CC1. The molecule has 1 aromatic rings. The fourth-order valence-corrected chi connectivity index (χ4v) is 3.33. The van der Waals surface area contributed by atoms with Gasteiger partial charge in [-0.05, 0) is 44.4 Å². The fourth-order valence-electron chi connectivity index (χ4n) is 2.14. The van der Waals surface area contributed by atoms with Crippen LogP contribution in [0.15, 0.2) is 23.1 Å². The molecule has 1 amide bonds. The van der Waals surface area contributed by atoms with E-state index in [1.807, 2.05) is 24.8 Å². The van der Waals surface area contributed by atoms with Crippen molar-refractivity contribution < 1.29 is 9.00 Å². The Kier molecular flexibility index (Phi) is 4.24. The summed E-state index contributed by atoms with van der Waals surface area (Å²) < 4.78 is 12.3. The lowest BCUT2D eigenvalue weighted by Crippen LogP contribution is -2.36. The first-order valence-electron chi connectivity index (χ1n) is 6.57. The molecule has 104 valence electrons. The molecule has 0 aromatic heterocycles. The third-order valence-electron chi connectivity index (χ3n) is 3.32. The van der Waals surface area contributed by atoms with E-state index in [1.165, 1.54) is 0 Å². The lowest BCUT2D eigenvalue weighted by molar-refractivity contribution is -0.128. The van der Waals surface area contributed by atoms with Gasteiger partial charge in [-0.15, -0.1) is 0 Å². The number of hydrogen-bond acceptors (Lipinski definition) is 3. The van der Waals surface area contributed by atoms with Crippen molar-refractivity contribution in [3.63, 3.8) is 0 Å². The van der Waals surface area contributed by atoms with Gasteiger partial charge in [0.2, 0.25) is 5.91 Å². The molecule has 1 aliphatic rings. The van der Waals surface area contributed by atoms with E-state index in [4.69, 9.17) is 5.73 Å². The van der Waals surface area contributed by atoms with E-state index in [0.29, 0.717) is 23.2 Å². The number of rotatable bonds is 5. The third-order valence-corrected chi connectivity index (χ3v) is 4.67. The Balaban J connectivity index is 2.07. The van der Waals surface area contributed by atoms with Gasteiger partial charge in [-0.3, -0.25) is 9.00 Å². The molecule has 19 heavy (non-hydrogen) atoms. The number of aryl methyl sites for hydroxylation is 1. The maximum absolute atomic E-state index is 12.3. The Hall–Kier alpha value is -1.36. The van der Waals surface area contributed by atoms with Crippen LogP contribution in [0.1, 0.15) is 25.3 Å². The molecular weight excluding hydrogens is 260 g/mol. The lowest BCUT2D eigenvalue weighted by Gasteiger charge is -2.20. The summed E-state index contributed by atoms with van der Waals surface area (Å²) >= 11 is 0. The molecule has 2 N–H and O–H groups in total. The molecule has 0 spiro atoms. The summed E-state index contributed by atoms with van der Waals surface area (Å²) in [6.45, 7) is 4.56. The van der Waals surface area contributed by atoms with E-state index in [-0.39, 0.29) is 11.7 Å². The predicted octanol–water partition coefficient (Wildman–Crippen LogP) is 1.70. The quantitative estimate of drug-likeness (QED) is 0.835. The first-order valence-corrected chi connectivity index (χ1v) is 7.88. The molecule has 1 atom stereocenters. The van der Waals surface area contributed by atoms with Crippen molar-refractivity contribution in [2.45, 2.75) is 37.6 Å². The van der Waals surface area contributed by atoms with Crippen LogP contribution in [0, 0.1) is 6.92 Å². The summed E-state index contributed by atoms with van der Waals surface area (Å²) in [5.41, 5.74) is 7.32. The molecule has 0 saturated heterocycles. The van der Waals surface area contributed by atoms with Gasteiger partial charge in [-0.1, -0.05) is 6.07 Å². The lowest BCUT2D eigenvalue weighted by atomic mass is 10.2. The molecule has 0 aliphatic heterocycles. The largest absolute Gasteiger partial charge is 0.398 e. The monoisotopic (exact) mass is 280 g/mol. The molecule has 1 aromatic carbocycles. The molecule has 1 aliphatic carbocycles. The van der Waals surface area contributed by atoms with Crippen LogP contribution in [0.2, 0.25) is 0 Å². The highest BCUT2D eigenvalue weighted by Crippen LogP contribution is 2.27. The summed E-state index contributed by atoms with van der Waals surface area (Å²) in [5, 5.41) is 0. The minimum absolute atomic E-state index is 0.0258. The number of carbonyl (C=O) groups excluding carboxylic acids is 1. The zero-order valence-corrected chi connectivity index (χ0v) is 12.2. The molecule has 4 nitrogen and oxygen atoms in total. The van der Waals surface area contributed by atoms with Gasteiger partial charge in [0.15, 0.2) is 0 Å². The van der Waals surface area contributed by atoms with Crippen LogP contribution in [0.4, 0.5) is 5.69 Å². The molecule has 0 bridgehead atoms. The van der Waals surface area contributed by atoms with Gasteiger partial charge in [0.05, 0.1) is 15.7 Å². The Morgan fingerprint density at radius 2 is 2.16 bits per heavy atom. The molecule has 2 rings (SSSR count). The van der Waals surface area contributed by atoms with Crippen LogP contribution in [-0.2, 0) is 15.6 Å². The first kappa shape index (κ1) is 14.1. The van der Waals surface area contributed by atoms with E-state index in [0.717, 1.165) is 18.4 Å². The molecule has 0 radical (unpaired) electrons. The van der Waals surface area contributed by atoms with Gasteiger partial charge < -0.3 is 10.6 Å². The minimum atomic E-state index is -1.36. The number of amides is 1. The van der Waals surface area contributed by atoms with Gasteiger partial charge >= 0.3 is 0 Å². The Bertz CT molecular complexity index is 512. The van der Waals surface area contributed by atoms with Crippen molar-refractivity contribution >= 4 is 22.4 Å². The van der Waals surface area contributed by atoms with Crippen LogP contribution < -0.4 is 5.73 Å². The number of nitrogens with zero attached hydrogens (tertiary/aromatic N) is 1. The normalized spacial score (nSPS) is 16.1. The van der Waals surface area contributed by atoms with Gasteiger partial charge in [0.1, 0.15) is 5.75 Å². The number of hydrogen-bond donors (Lipinski definition) is 1. The number of anilines is 1. The van der Waals surface area contributed by atoms with Crippen molar-refractivity contribution in [2.24, 2.45) is 0 Å². The zero-order chi connectivity index (χ0) is 14.0. The Morgan fingerprint density at radius 1 is 1.47 bits per heavy atom. The highest BCUT2D eigenvalue weighted by atomic mass is 32.2. The Morgan fingerprint density at radius 3 is 2.74 bits per heavy atom. The molecular formula is C14H20N2O2S. The van der Waals surface area contributed by atoms with Crippen molar-refractivity contribution in [1.29, 1.82) is 0 Å². The maximum atomic E-state index is 12.3. The van der Waals surface area contributed by atoms with E-state index in [1.54, 1.807) is 12.1 Å². The zero-order valence-electron chi connectivity index (χ0n) is 11.4. The summed E-state index contributed by atoms with van der Waals surface area (Å²) in [4.78, 5) is 14.5. The standard InChI is InChI=1S/C14H20N2O2S/c1-3-16(11-5-6-11)14(17)9-19(18)13-8-10(2)4-7-12(13)15/h4,7-8,11H,3,5-6,9,15H2,1-2H3. The van der Waals surface area contributed by atoms with E-state index in [9.17, 15) is 9.00 Å². The smallest absolute Gasteiger partial charge is 0.235 e. The van der Waals surface area contributed by atoms with Crippen molar-refractivity contribution in [1.82, 2.24) is 4.90 Å².